The summed E-state index contributed by atoms with van der Waals surface area (Å²) in [6.45, 7) is 2.21. The first kappa shape index (κ1) is 15.4. The number of hydrogen-bond acceptors (Lipinski definition) is 3. The van der Waals surface area contributed by atoms with Gasteiger partial charge in [-0.15, -0.1) is 0 Å². The van der Waals surface area contributed by atoms with Crippen molar-refractivity contribution < 1.29 is 9.31 Å². The van der Waals surface area contributed by atoms with E-state index in [1.165, 1.54) is 24.3 Å². The summed E-state index contributed by atoms with van der Waals surface area (Å²) in [5.41, 5.74) is 1.45. The van der Waals surface area contributed by atoms with Gasteiger partial charge in [-0.25, -0.2) is 4.39 Å². The van der Waals surface area contributed by atoms with Crippen LogP contribution in [0.15, 0.2) is 42.5 Å². The predicted octanol–water partition coefficient (Wildman–Crippen LogP) is 4.24. The molecule has 0 aliphatic heterocycles. The van der Waals surface area contributed by atoms with E-state index in [1.54, 1.807) is 18.2 Å². The molecule has 2 rings (SSSR count). The van der Waals surface area contributed by atoms with Crippen molar-refractivity contribution in [2.24, 2.45) is 0 Å². The highest BCUT2D eigenvalue weighted by molar-refractivity contribution is 6.30. The number of nitro groups is 1. The SMILES string of the molecule is C[C@H](NCc1cc(Cl)ccc1[N+](=O)[O-])c1ccc(F)cc1. The molecule has 0 saturated heterocycles. The van der Waals surface area contributed by atoms with Gasteiger partial charge in [-0.3, -0.25) is 10.1 Å². The van der Waals surface area contributed by atoms with Gasteiger partial charge in [-0.05, 0) is 36.8 Å². The lowest BCUT2D eigenvalue weighted by atomic mass is 10.1. The molecular formula is C15H14ClFN2O2. The Kier molecular flexibility index (Phi) is 4.88. The minimum Gasteiger partial charge on any atom is -0.306 e. The summed E-state index contributed by atoms with van der Waals surface area (Å²) >= 11 is 5.88. The van der Waals surface area contributed by atoms with Gasteiger partial charge in [-0.1, -0.05) is 23.7 Å². The Hall–Kier alpha value is -1.98. The highest BCUT2D eigenvalue weighted by atomic mass is 35.5. The average Bonchev–Trinajstić information content (AvgIpc) is 2.45. The molecule has 0 amide bonds. The first-order valence-electron chi connectivity index (χ1n) is 6.39. The number of hydrogen-bond donors (Lipinski definition) is 1. The minimum absolute atomic E-state index is 0.0261. The molecule has 2 aromatic carbocycles. The second-order valence-electron chi connectivity index (χ2n) is 4.68. The van der Waals surface area contributed by atoms with Gasteiger partial charge in [0.2, 0.25) is 0 Å². The van der Waals surface area contributed by atoms with Crippen LogP contribution < -0.4 is 5.32 Å². The van der Waals surface area contributed by atoms with Crippen molar-refractivity contribution in [3.8, 4) is 0 Å². The molecule has 0 unspecified atom stereocenters. The van der Waals surface area contributed by atoms with Crippen molar-refractivity contribution in [3.05, 3.63) is 74.5 Å². The van der Waals surface area contributed by atoms with Gasteiger partial charge in [0.1, 0.15) is 5.82 Å². The molecule has 2 aromatic rings. The van der Waals surface area contributed by atoms with E-state index in [0.717, 1.165) is 5.56 Å². The summed E-state index contributed by atoms with van der Waals surface area (Å²) in [5.74, 6) is -0.295. The first-order valence-corrected chi connectivity index (χ1v) is 6.77. The molecule has 0 radical (unpaired) electrons. The van der Waals surface area contributed by atoms with Crippen LogP contribution in [-0.4, -0.2) is 4.92 Å². The zero-order valence-electron chi connectivity index (χ0n) is 11.3. The van der Waals surface area contributed by atoms with Gasteiger partial charge in [-0.2, -0.15) is 0 Å². The smallest absolute Gasteiger partial charge is 0.273 e. The van der Waals surface area contributed by atoms with Crippen LogP contribution in [0.1, 0.15) is 24.1 Å². The Morgan fingerprint density at radius 1 is 1.29 bits per heavy atom. The van der Waals surface area contributed by atoms with Crippen LogP contribution in [0.2, 0.25) is 5.02 Å². The second-order valence-corrected chi connectivity index (χ2v) is 5.12. The lowest BCUT2D eigenvalue weighted by Crippen LogP contribution is -2.18. The van der Waals surface area contributed by atoms with Crippen LogP contribution in [0.4, 0.5) is 10.1 Å². The molecule has 0 aliphatic rings. The van der Waals surface area contributed by atoms with Gasteiger partial charge in [0.05, 0.1) is 4.92 Å². The molecule has 110 valence electrons. The number of rotatable bonds is 5. The summed E-state index contributed by atoms with van der Waals surface area (Å²) in [5, 5.41) is 14.6. The van der Waals surface area contributed by atoms with E-state index >= 15 is 0 Å². The van der Waals surface area contributed by atoms with E-state index in [9.17, 15) is 14.5 Å². The molecular weight excluding hydrogens is 295 g/mol. The molecule has 0 fully saturated rings. The molecule has 1 N–H and O–H groups in total. The van der Waals surface area contributed by atoms with Crippen LogP contribution in [-0.2, 0) is 6.54 Å². The molecule has 21 heavy (non-hydrogen) atoms. The predicted molar refractivity (Wildman–Crippen MR) is 79.8 cm³/mol. The highest BCUT2D eigenvalue weighted by Gasteiger charge is 2.15. The van der Waals surface area contributed by atoms with E-state index in [2.05, 4.69) is 5.32 Å². The Morgan fingerprint density at radius 3 is 2.57 bits per heavy atom. The van der Waals surface area contributed by atoms with Crippen molar-refractivity contribution >= 4 is 17.3 Å². The zero-order chi connectivity index (χ0) is 15.4. The summed E-state index contributed by atoms with van der Waals surface area (Å²) in [6, 6.07) is 10.5. The molecule has 4 nitrogen and oxygen atoms in total. The Labute approximate surface area is 126 Å². The monoisotopic (exact) mass is 308 g/mol. The maximum absolute atomic E-state index is 12.9. The Balaban J connectivity index is 2.10. The Morgan fingerprint density at radius 2 is 1.95 bits per heavy atom. The van der Waals surface area contributed by atoms with Crippen LogP contribution in [0.25, 0.3) is 0 Å². The fourth-order valence-electron chi connectivity index (χ4n) is 2.01. The molecule has 0 saturated carbocycles. The molecule has 0 aromatic heterocycles. The van der Waals surface area contributed by atoms with Gasteiger partial charge < -0.3 is 5.32 Å². The van der Waals surface area contributed by atoms with Crippen molar-refractivity contribution in [1.29, 1.82) is 0 Å². The summed E-state index contributed by atoms with van der Waals surface area (Å²) < 4.78 is 12.9. The number of nitro benzene ring substituents is 1. The normalized spacial score (nSPS) is 12.1. The fourth-order valence-corrected chi connectivity index (χ4v) is 2.20. The van der Waals surface area contributed by atoms with Crippen molar-refractivity contribution in [2.45, 2.75) is 19.5 Å². The number of halogens is 2. The summed E-state index contributed by atoms with van der Waals surface area (Å²) in [7, 11) is 0. The van der Waals surface area contributed by atoms with Crippen LogP contribution >= 0.6 is 11.6 Å². The standard InChI is InChI=1S/C15H14ClFN2O2/c1-10(11-2-5-14(17)6-3-11)18-9-12-8-13(16)4-7-15(12)19(20)21/h2-8,10,18H,9H2,1H3/t10-/m0/s1. The summed E-state index contributed by atoms with van der Waals surface area (Å²) in [4.78, 5) is 10.5. The maximum Gasteiger partial charge on any atom is 0.273 e. The molecule has 0 aliphatic carbocycles. The Bertz CT molecular complexity index is 647. The highest BCUT2D eigenvalue weighted by Crippen LogP contribution is 2.23. The number of nitrogens with zero attached hydrogens (tertiary/aromatic N) is 1. The quantitative estimate of drug-likeness (QED) is 0.664. The molecule has 0 bridgehead atoms. The topological polar surface area (TPSA) is 55.2 Å². The zero-order valence-corrected chi connectivity index (χ0v) is 12.1. The van der Waals surface area contributed by atoms with Gasteiger partial charge in [0, 0.05) is 29.2 Å². The van der Waals surface area contributed by atoms with Crippen molar-refractivity contribution in [1.82, 2.24) is 5.32 Å². The van der Waals surface area contributed by atoms with Crippen LogP contribution in [0.5, 0.6) is 0 Å². The maximum atomic E-state index is 12.9. The molecule has 1 atom stereocenters. The number of benzene rings is 2. The lowest BCUT2D eigenvalue weighted by molar-refractivity contribution is -0.385. The van der Waals surface area contributed by atoms with Crippen LogP contribution in [0.3, 0.4) is 0 Å². The summed E-state index contributed by atoms with van der Waals surface area (Å²) in [6.07, 6.45) is 0. The van der Waals surface area contributed by atoms with E-state index in [0.29, 0.717) is 17.1 Å². The van der Waals surface area contributed by atoms with Gasteiger partial charge >= 0.3 is 0 Å². The van der Waals surface area contributed by atoms with E-state index in [4.69, 9.17) is 11.6 Å². The largest absolute Gasteiger partial charge is 0.306 e. The molecule has 6 heteroatoms. The van der Waals surface area contributed by atoms with Crippen molar-refractivity contribution in [3.63, 3.8) is 0 Å². The molecule has 0 spiro atoms. The minimum atomic E-state index is -0.435. The number of nitrogens with one attached hydrogen (secondary N) is 1. The third kappa shape index (κ3) is 4.00. The van der Waals surface area contributed by atoms with Gasteiger partial charge in [0.15, 0.2) is 0 Å². The van der Waals surface area contributed by atoms with E-state index < -0.39 is 4.92 Å². The second kappa shape index (κ2) is 6.65. The van der Waals surface area contributed by atoms with Crippen molar-refractivity contribution in [2.75, 3.05) is 0 Å². The average molecular weight is 309 g/mol. The van der Waals surface area contributed by atoms with E-state index in [1.807, 2.05) is 6.92 Å². The van der Waals surface area contributed by atoms with Crippen LogP contribution in [0, 0.1) is 15.9 Å². The fraction of sp³-hybridized carbons (Fsp3) is 0.200. The third-order valence-electron chi connectivity index (χ3n) is 3.21. The molecule has 0 heterocycles. The third-order valence-corrected chi connectivity index (χ3v) is 3.44. The van der Waals surface area contributed by atoms with Gasteiger partial charge in [0.25, 0.3) is 5.69 Å². The first-order chi connectivity index (χ1) is 9.97. The van der Waals surface area contributed by atoms with E-state index in [-0.39, 0.29) is 17.5 Å². The lowest BCUT2D eigenvalue weighted by Gasteiger charge is -2.14.